The van der Waals surface area contributed by atoms with Gasteiger partial charge in [0.25, 0.3) is 0 Å². The predicted octanol–water partition coefficient (Wildman–Crippen LogP) is 1.76. The van der Waals surface area contributed by atoms with Crippen LogP contribution in [0, 0.1) is 22.0 Å². The van der Waals surface area contributed by atoms with Crippen molar-refractivity contribution in [2.45, 2.75) is 25.3 Å². The van der Waals surface area contributed by atoms with Gasteiger partial charge < -0.3 is 19.1 Å². The molecule has 5 rings (SSSR count). The highest BCUT2D eigenvalue weighted by atomic mass is 16.6. The minimum Gasteiger partial charge on any atom is -0.497 e. The van der Waals surface area contributed by atoms with Gasteiger partial charge in [0.05, 0.1) is 18.0 Å². The third kappa shape index (κ3) is 3.65. The summed E-state index contributed by atoms with van der Waals surface area (Å²) in [6.07, 6.45) is 1.00. The van der Waals surface area contributed by atoms with Crippen molar-refractivity contribution >= 4 is 23.2 Å². The van der Waals surface area contributed by atoms with Crippen LogP contribution in [0.15, 0.2) is 41.2 Å². The van der Waals surface area contributed by atoms with Crippen LogP contribution in [-0.4, -0.2) is 52.9 Å². The first-order valence-corrected chi connectivity index (χ1v) is 11.0. The molecule has 3 aliphatic rings. The number of hydrogen-bond acceptors (Lipinski definition) is 6. The summed E-state index contributed by atoms with van der Waals surface area (Å²) in [7, 11) is 1.58. The van der Waals surface area contributed by atoms with Gasteiger partial charge in [-0.2, -0.15) is 0 Å². The first-order valence-electron chi connectivity index (χ1n) is 11.0. The maximum Gasteiger partial charge on any atom is 0.334 e. The highest BCUT2D eigenvalue weighted by molar-refractivity contribution is 6.00. The van der Waals surface area contributed by atoms with Gasteiger partial charge in [-0.05, 0) is 42.7 Å². The molecule has 3 atom stereocenters. The van der Waals surface area contributed by atoms with E-state index in [9.17, 15) is 24.5 Å². The number of pyridine rings is 1. The van der Waals surface area contributed by atoms with E-state index in [2.05, 4.69) is 0 Å². The number of nitro groups is 1. The van der Waals surface area contributed by atoms with Crippen LogP contribution in [-0.2, 0) is 16.1 Å². The van der Waals surface area contributed by atoms with Crippen LogP contribution in [0.5, 0.6) is 5.75 Å². The number of anilines is 1. The van der Waals surface area contributed by atoms with E-state index < -0.39 is 22.1 Å². The molecule has 0 saturated carbocycles. The molecule has 10 nitrogen and oxygen atoms in total. The number of amides is 2. The van der Waals surface area contributed by atoms with Gasteiger partial charge in [-0.1, -0.05) is 0 Å². The molecule has 0 aliphatic carbocycles. The lowest BCUT2D eigenvalue weighted by Gasteiger charge is -2.43. The predicted molar refractivity (Wildman–Crippen MR) is 118 cm³/mol. The van der Waals surface area contributed by atoms with Gasteiger partial charge in [-0.15, -0.1) is 0 Å². The molecule has 2 bridgehead atoms. The van der Waals surface area contributed by atoms with Crippen molar-refractivity contribution in [1.29, 1.82) is 0 Å². The number of carbonyl (C=O) groups excluding carboxylic acids is 2. The van der Waals surface area contributed by atoms with Gasteiger partial charge in [0.2, 0.25) is 11.8 Å². The lowest BCUT2D eigenvalue weighted by Crippen LogP contribution is -2.51. The summed E-state index contributed by atoms with van der Waals surface area (Å²) in [6, 6.07) is 10.1. The smallest absolute Gasteiger partial charge is 0.334 e. The molecule has 172 valence electrons. The number of likely N-dealkylation sites (tertiary alicyclic amines) is 1. The molecular formula is C23H24N4O6. The van der Waals surface area contributed by atoms with Crippen molar-refractivity contribution < 1.29 is 19.2 Å². The van der Waals surface area contributed by atoms with Crippen LogP contribution in [0.4, 0.5) is 11.4 Å². The van der Waals surface area contributed by atoms with Crippen LogP contribution in [0.2, 0.25) is 0 Å². The Labute approximate surface area is 189 Å². The average Bonchev–Trinajstić information content (AvgIpc) is 3.20. The number of methoxy groups -OCH3 is 1. The zero-order valence-electron chi connectivity index (χ0n) is 18.2. The van der Waals surface area contributed by atoms with Gasteiger partial charge in [0.1, 0.15) is 5.75 Å². The van der Waals surface area contributed by atoms with E-state index in [1.807, 2.05) is 17.0 Å². The summed E-state index contributed by atoms with van der Waals surface area (Å²) >= 11 is 0. The van der Waals surface area contributed by atoms with Crippen LogP contribution in [0.3, 0.4) is 0 Å². The largest absolute Gasteiger partial charge is 0.497 e. The molecule has 2 fully saturated rings. The molecule has 0 N–H and O–H groups in total. The zero-order valence-corrected chi connectivity index (χ0v) is 18.2. The van der Waals surface area contributed by atoms with E-state index >= 15 is 0 Å². The number of carbonyl (C=O) groups is 2. The first-order chi connectivity index (χ1) is 15.9. The Hall–Kier alpha value is -3.69. The van der Waals surface area contributed by atoms with Gasteiger partial charge in [-0.25, -0.2) is 0 Å². The standard InChI is InChI=1S/C23H24N4O6/c1-33-18-4-2-17(3-5-18)25-13-16(9-21(25)28)22(29)24-10-14-8-15(12-24)19-6-7-20(27(31)32)23(30)26(19)11-14/h2-7,14-16H,8-13H2,1H3. The summed E-state index contributed by atoms with van der Waals surface area (Å²) in [6.45, 7) is 1.62. The summed E-state index contributed by atoms with van der Waals surface area (Å²) in [5.74, 6) is 0.145. The Morgan fingerprint density at radius 3 is 2.52 bits per heavy atom. The van der Waals surface area contributed by atoms with Crippen LogP contribution in [0.25, 0.3) is 0 Å². The molecule has 1 aromatic heterocycles. The second-order valence-corrected chi connectivity index (χ2v) is 8.96. The van der Waals surface area contributed by atoms with Gasteiger partial charge in [0, 0.05) is 56.0 Å². The molecule has 0 radical (unpaired) electrons. The fraction of sp³-hybridized carbons (Fsp3) is 0.435. The topological polar surface area (TPSA) is 115 Å². The summed E-state index contributed by atoms with van der Waals surface area (Å²) < 4.78 is 6.67. The Morgan fingerprint density at radius 1 is 1.06 bits per heavy atom. The van der Waals surface area contributed by atoms with Crippen molar-refractivity contribution in [2.75, 3.05) is 31.6 Å². The van der Waals surface area contributed by atoms with E-state index in [0.717, 1.165) is 17.8 Å². The van der Waals surface area contributed by atoms with E-state index in [1.165, 1.54) is 10.6 Å². The number of rotatable bonds is 4. The average molecular weight is 452 g/mol. The molecule has 1 aromatic carbocycles. The maximum absolute atomic E-state index is 13.3. The van der Waals surface area contributed by atoms with Gasteiger partial charge >= 0.3 is 11.2 Å². The number of piperidine rings is 1. The normalized spacial score (nSPS) is 23.9. The fourth-order valence-electron chi connectivity index (χ4n) is 5.40. The molecule has 2 amide bonds. The molecule has 0 spiro atoms. The third-order valence-corrected chi connectivity index (χ3v) is 6.95. The Bertz CT molecular complexity index is 1190. The number of ether oxygens (including phenoxy) is 1. The van der Waals surface area contributed by atoms with Crippen molar-refractivity contribution in [2.24, 2.45) is 11.8 Å². The summed E-state index contributed by atoms with van der Waals surface area (Å²) in [4.78, 5) is 52.5. The minimum atomic E-state index is -0.651. The van der Waals surface area contributed by atoms with Gasteiger partial charge in [0.15, 0.2) is 0 Å². The molecule has 3 unspecified atom stereocenters. The Morgan fingerprint density at radius 2 is 1.82 bits per heavy atom. The molecule has 4 heterocycles. The number of hydrogen-bond donors (Lipinski definition) is 0. The van der Waals surface area contributed by atoms with Crippen LogP contribution >= 0.6 is 0 Å². The Balaban J connectivity index is 1.32. The molecule has 33 heavy (non-hydrogen) atoms. The maximum atomic E-state index is 13.3. The molecule has 2 saturated heterocycles. The second-order valence-electron chi connectivity index (χ2n) is 8.96. The number of fused-ring (bicyclic) bond motifs is 4. The van der Waals surface area contributed by atoms with E-state index in [0.29, 0.717) is 31.9 Å². The lowest BCUT2D eigenvalue weighted by molar-refractivity contribution is -0.386. The number of aromatic nitrogens is 1. The lowest BCUT2D eigenvalue weighted by atomic mass is 9.82. The van der Waals surface area contributed by atoms with Crippen LogP contribution < -0.4 is 15.2 Å². The Kier molecular flexibility index (Phi) is 5.15. The van der Waals surface area contributed by atoms with E-state index in [-0.39, 0.29) is 30.1 Å². The zero-order chi connectivity index (χ0) is 23.3. The monoisotopic (exact) mass is 452 g/mol. The molecule has 2 aromatic rings. The highest BCUT2D eigenvalue weighted by Gasteiger charge is 2.42. The first kappa shape index (κ1) is 21.2. The van der Waals surface area contributed by atoms with Crippen molar-refractivity contribution in [3.05, 3.63) is 62.6 Å². The summed E-state index contributed by atoms with van der Waals surface area (Å²) in [5, 5.41) is 11.1. The fourth-order valence-corrected chi connectivity index (χ4v) is 5.40. The van der Waals surface area contributed by atoms with E-state index in [4.69, 9.17) is 4.74 Å². The van der Waals surface area contributed by atoms with Crippen molar-refractivity contribution in [3.63, 3.8) is 0 Å². The molecule has 10 heteroatoms. The number of benzene rings is 1. The second kappa shape index (κ2) is 8.02. The van der Waals surface area contributed by atoms with E-state index in [1.54, 1.807) is 30.2 Å². The van der Waals surface area contributed by atoms with Crippen molar-refractivity contribution in [1.82, 2.24) is 9.47 Å². The third-order valence-electron chi connectivity index (χ3n) is 6.95. The van der Waals surface area contributed by atoms with Crippen molar-refractivity contribution in [3.8, 4) is 5.75 Å². The SMILES string of the molecule is COc1ccc(N2CC(C(=O)N3CC4CC(C3)c3ccc([N+](=O)[O-])c(=O)n3C4)CC2=O)cc1. The minimum absolute atomic E-state index is 0.0493. The number of nitrogens with zero attached hydrogens (tertiary/aromatic N) is 4. The van der Waals surface area contributed by atoms with Crippen LogP contribution in [0.1, 0.15) is 24.5 Å². The highest BCUT2D eigenvalue weighted by Crippen LogP contribution is 2.37. The summed E-state index contributed by atoms with van der Waals surface area (Å²) in [5.41, 5.74) is 0.474. The molecular weight excluding hydrogens is 428 g/mol. The van der Waals surface area contributed by atoms with Gasteiger partial charge in [-0.3, -0.25) is 24.5 Å². The molecule has 3 aliphatic heterocycles. The quantitative estimate of drug-likeness (QED) is 0.516.